The molecule has 3 nitrogen and oxygen atoms in total. The fourth-order valence-corrected chi connectivity index (χ4v) is 1.49. The Morgan fingerprint density at radius 3 is 2.37 bits per heavy atom. The summed E-state index contributed by atoms with van der Waals surface area (Å²) < 4.78 is 43.4. The minimum absolute atomic E-state index is 0.295. The molecule has 6 heteroatoms. The van der Waals surface area contributed by atoms with Gasteiger partial charge in [-0.25, -0.2) is 4.98 Å². The molecule has 0 atom stereocenters. The highest BCUT2D eigenvalue weighted by atomic mass is 19.4. The van der Waals surface area contributed by atoms with Crippen molar-refractivity contribution in [2.75, 3.05) is 12.4 Å². The van der Waals surface area contributed by atoms with E-state index >= 15 is 0 Å². The van der Waals surface area contributed by atoms with Crippen LogP contribution in [0.15, 0.2) is 42.6 Å². The highest BCUT2D eigenvalue weighted by molar-refractivity contribution is 5.46. The van der Waals surface area contributed by atoms with Gasteiger partial charge in [-0.05, 0) is 36.4 Å². The molecule has 0 unspecified atom stereocenters. The molecule has 0 aliphatic heterocycles. The topological polar surface area (TPSA) is 34.1 Å². The van der Waals surface area contributed by atoms with Crippen molar-refractivity contribution in [1.29, 1.82) is 0 Å². The molecule has 0 amide bonds. The van der Waals surface area contributed by atoms with Crippen molar-refractivity contribution in [2.45, 2.75) is 6.18 Å². The van der Waals surface area contributed by atoms with Gasteiger partial charge in [0.2, 0.25) is 5.88 Å². The molecule has 1 heterocycles. The predicted molar refractivity (Wildman–Crippen MR) is 65.3 cm³/mol. The van der Waals surface area contributed by atoms with Crippen molar-refractivity contribution in [2.24, 2.45) is 0 Å². The number of aromatic nitrogens is 1. The number of benzene rings is 1. The largest absolute Gasteiger partial charge is 0.438 e. The lowest BCUT2D eigenvalue weighted by Crippen LogP contribution is -2.08. The van der Waals surface area contributed by atoms with Crippen LogP contribution in [-0.4, -0.2) is 12.0 Å². The summed E-state index contributed by atoms with van der Waals surface area (Å²) in [5.41, 5.74) is -0.0582. The number of ether oxygens (including phenoxy) is 1. The molecule has 0 aliphatic rings. The molecule has 0 saturated heterocycles. The molecular formula is C13H11F3N2O. The summed E-state index contributed by atoms with van der Waals surface area (Å²) in [6.45, 7) is 0. The van der Waals surface area contributed by atoms with Gasteiger partial charge in [-0.1, -0.05) is 0 Å². The van der Waals surface area contributed by atoms with Gasteiger partial charge in [-0.2, -0.15) is 13.2 Å². The second-order valence-corrected chi connectivity index (χ2v) is 3.73. The SMILES string of the molecule is CNc1ccc(Oc2ncccc2C(F)(F)F)cc1. The summed E-state index contributed by atoms with van der Waals surface area (Å²) in [7, 11) is 1.75. The lowest BCUT2D eigenvalue weighted by Gasteiger charge is -2.12. The average molecular weight is 268 g/mol. The molecule has 0 saturated carbocycles. The molecule has 0 fully saturated rings. The predicted octanol–water partition coefficient (Wildman–Crippen LogP) is 3.93. The zero-order valence-corrected chi connectivity index (χ0v) is 10.0. The molecule has 0 spiro atoms. The Morgan fingerprint density at radius 2 is 1.79 bits per heavy atom. The molecule has 1 N–H and O–H groups in total. The van der Waals surface area contributed by atoms with Crippen LogP contribution in [-0.2, 0) is 6.18 Å². The maximum atomic E-state index is 12.7. The van der Waals surface area contributed by atoms with Crippen LogP contribution in [0.25, 0.3) is 0 Å². The van der Waals surface area contributed by atoms with E-state index in [0.29, 0.717) is 5.75 Å². The van der Waals surface area contributed by atoms with Crippen LogP contribution in [0.4, 0.5) is 18.9 Å². The number of halogens is 3. The molecule has 1 aromatic carbocycles. The summed E-state index contributed by atoms with van der Waals surface area (Å²) in [6.07, 6.45) is -3.24. The summed E-state index contributed by atoms with van der Waals surface area (Å²) in [5.74, 6) is -0.157. The van der Waals surface area contributed by atoms with Crippen molar-refractivity contribution in [3.63, 3.8) is 0 Å². The first-order valence-corrected chi connectivity index (χ1v) is 5.48. The van der Waals surface area contributed by atoms with E-state index in [9.17, 15) is 13.2 Å². The third-order valence-corrected chi connectivity index (χ3v) is 2.43. The van der Waals surface area contributed by atoms with E-state index in [2.05, 4.69) is 10.3 Å². The lowest BCUT2D eigenvalue weighted by atomic mass is 10.2. The molecule has 0 aliphatic carbocycles. The Balaban J connectivity index is 2.28. The van der Waals surface area contributed by atoms with Crippen LogP contribution in [0.2, 0.25) is 0 Å². The van der Waals surface area contributed by atoms with Crippen molar-refractivity contribution in [3.05, 3.63) is 48.2 Å². The molecule has 100 valence electrons. The van der Waals surface area contributed by atoms with Gasteiger partial charge in [-0.3, -0.25) is 0 Å². The first kappa shape index (κ1) is 13.2. The fraction of sp³-hybridized carbons (Fsp3) is 0.154. The van der Waals surface area contributed by atoms with E-state index in [-0.39, 0.29) is 0 Å². The summed E-state index contributed by atoms with van der Waals surface area (Å²) >= 11 is 0. The zero-order valence-electron chi connectivity index (χ0n) is 10.0. The maximum Gasteiger partial charge on any atom is 0.421 e. The number of nitrogens with one attached hydrogen (secondary N) is 1. The van der Waals surface area contributed by atoms with Gasteiger partial charge in [0, 0.05) is 18.9 Å². The van der Waals surface area contributed by atoms with Crippen LogP contribution < -0.4 is 10.1 Å². The highest BCUT2D eigenvalue weighted by Gasteiger charge is 2.35. The number of pyridine rings is 1. The first-order valence-electron chi connectivity index (χ1n) is 5.48. The van der Waals surface area contributed by atoms with Gasteiger partial charge in [0.15, 0.2) is 0 Å². The Bertz CT molecular complexity index is 553. The third kappa shape index (κ3) is 3.15. The molecule has 1 aromatic heterocycles. The van der Waals surface area contributed by atoms with E-state index in [0.717, 1.165) is 11.8 Å². The normalized spacial score (nSPS) is 11.2. The fourth-order valence-electron chi connectivity index (χ4n) is 1.49. The van der Waals surface area contributed by atoms with Gasteiger partial charge in [0.1, 0.15) is 11.3 Å². The minimum Gasteiger partial charge on any atom is -0.438 e. The number of rotatable bonds is 3. The molecule has 2 rings (SSSR count). The highest BCUT2D eigenvalue weighted by Crippen LogP contribution is 2.36. The van der Waals surface area contributed by atoms with E-state index in [1.54, 1.807) is 31.3 Å². The zero-order chi connectivity index (χ0) is 13.9. The molecule has 19 heavy (non-hydrogen) atoms. The van der Waals surface area contributed by atoms with Crippen LogP contribution in [0.5, 0.6) is 11.6 Å². The Kier molecular flexibility index (Phi) is 3.59. The van der Waals surface area contributed by atoms with E-state index in [1.165, 1.54) is 12.3 Å². The Hall–Kier alpha value is -2.24. The molecule has 0 radical (unpaired) electrons. The first-order chi connectivity index (χ1) is 9.00. The number of hydrogen-bond acceptors (Lipinski definition) is 3. The number of nitrogens with zero attached hydrogens (tertiary/aromatic N) is 1. The van der Waals surface area contributed by atoms with E-state index < -0.39 is 17.6 Å². The number of alkyl halides is 3. The van der Waals surface area contributed by atoms with E-state index in [1.807, 2.05) is 0 Å². The Labute approximate surface area is 108 Å². The van der Waals surface area contributed by atoms with Gasteiger partial charge >= 0.3 is 6.18 Å². The van der Waals surface area contributed by atoms with Crippen LogP contribution in [0.1, 0.15) is 5.56 Å². The smallest absolute Gasteiger partial charge is 0.421 e. The van der Waals surface area contributed by atoms with Crippen molar-refractivity contribution < 1.29 is 17.9 Å². The molecular weight excluding hydrogens is 257 g/mol. The summed E-state index contributed by atoms with van der Waals surface area (Å²) in [4.78, 5) is 3.63. The maximum absolute atomic E-state index is 12.7. The minimum atomic E-state index is -4.49. The second-order valence-electron chi connectivity index (χ2n) is 3.73. The van der Waals surface area contributed by atoms with Gasteiger partial charge < -0.3 is 10.1 Å². The second kappa shape index (κ2) is 5.17. The van der Waals surface area contributed by atoms with Crippen molar-refractivity contribution >= 4 is 5.69 Å². The quantitative estimate of drug-likeness (QED) is 0.915. The average Bonchev–Trinajstić information content (AvgIpc) is 2.39. The molecule has 2 aromatic rings. The lowest BCUT2D eigenvalue weighted by molar-refractivity contribution is -0.138. The van der Waals surface area contributed by atoms with Crippen LogP contribution >= 0.6 is 0 Å². The Morgan fingerprint density at radius 1 is 1.11 bits per heavy atom. The van der Waals surface area contributed by atoms with E-state index in [4.69, 9.17) is 4.74 Å². The van der Waals surface area contributed by atoms with Gasteiger partial charge in [0.25, 0.3) is 0 Å². The van der Waals surface area contributed by atoms with Gasteiger partial charge in [0.05, 0.1) is 0 Å². The van der Waals surface area contributed by atoms with Crippen LogP contribution in [0, 0.1) is 0 Å². The van der Waals surface area contributed by atoms with Crippen molar-refractivity contribution in [3.8, 4) is 11.6 Å². The van der Waals surface area contributed by atoms with Crippen molar-refractivity contribution in [1.82, 2.24) is 4.98 Å². The monoisotopic (exact) mass is 268 g/mol. The standard InChI is InChI=1S/C13H11F3N2O/c1-17-9-4-6-10(7-5-9)19-12-11(13(14,15)16)3-2-8-18-12/h2-8,17H,1H3. The van der Waals surface area contributed by atoms with Crippen LogP contribution in [0.3, 0.4) is 0 Å². The number of hydrogen-bond donors (Lipinski definition) is 1. The summed E-state index contributed by atoms with van der Waals surface area (Å²) in [6, 6.07) is 8.70. The third-order valence-electron chi connectivity index (χ3n) is 2.43. The van der Waals surface area contributed by atoms with Gasteiger partial charge in [-0.15, -0.1) is 0 Å². The molecule has 0 bridgehead atoms. The number of anilines is 1. The summed E-state index contributed by atoms with van der Waals surface area (Å²) in [5, 5.41) is 2.90.